The van der Waals surface area contributed by atoms with Gasteiger partial charge in [0.05, 0.1) is 0 Å². The third-order valence-corrected chi connectivity index (χ3v) is 16.8. The molecule has 9 unspecified atom stereocenters. The predicted molar refractivity (Wildman–Crippen MR) is 154 cm³/mol. The molecule has 0 aromatic heterocycles. The van der Waals surface area contributed by atoms with Crippen LogP contribution in [0.3, 0.4) is 0 Å². The summed E-state index contributed by atoms with van der Waals surface area (Å²) in [6.07, 6.45) is 12.2. The third-order valence-electron chi connectivity index (χ3n) is 16.8. The van der Waals surface area contributed by atoms with Crippen LogP contribution in [-0.2, 0) is 0 Å². The molecule has 1 aromatic carbocycles. The van der Waals surface area contributed by atoms with Gasteiger partial charge in [0, 0.05) is 5.56 Å². The highest BCUT2D eigenvalue weighted by atomic mass is 16.3. The summed E-state index contributed by atoms with van der Waals surface area (Å²) in [5, 5.41) is 11.9. The minimum absolute atomic E-state index is 0.286. The first-order valence-corrected chi connectivity index (χ1v) is 16.0. The van der Waals surface area contributed by atoms with Gasteiger partial charge in [-0.2, -0.15) is 0 Å². The normalized spacial score (nSPS) is 49.9. The van der Waals surface area contributed by atoms with Crippen molar-refractivity contribution in [3.63, 3.8) is 0 Å². The van der Waals surface area contributed by atoms with Gasteiger partial charge >= 0.3 is 0 Å². The molecule has 6 saturated carbocycles. The van der Waals surface area contributed by atoms with Crippen molar-refractivity contribution < 1.29 is 5.11 Å². The van der Waals surface area contributed by atoms with Crippen molar-refractivity contribution in [2.75, 3.05) is 0 Å². The van der Waals surface area contributed by atoms with Crippen LogP contribution in [0.2, 0.25) is 0 Å². The molecule has 0 saturated heterocycles. The highest BCUT2D eigenvalue weighted by Gasteiger charge is 2.67. The molecule has 0 heterocycles. The van der Waals surface area contributed by atoms with E-state index in [0.717, 1.165) is 17.8 Å². The number of aromatic hydroxyl groups is 1. The van der Waals surface area contributed by atoms with Gasteiger partial charge in [-0.25, -0.2) is 0 Å². The van der Waals surface area contributed by atoms with Crippen molar-refractivity contribution in [2.45, 2.75) is 138 Å². The van der Waals surface area contributed by atoms with Crippen LogP contribution >= 0.6 is 0 Å². The Hall–Kier alpha value is -0.980. The fraction of sp³-hybridized carbons (Fsp3) is 0.833. The zero-order valence-corrected chi connectivity index (χ0v) is 25.4. The zero-order chi connectivity index (χ0) is 26.6. The number of hydrogen-bond donors (Lipinski definition) is 1. The van der Waals surface area contributed by atoms with Gasteiger partial charge in [0.15, 0.2) is 0 Å². The van der Waals surface area contributed by atoms with E-state index in [9.17, 15) is 5.11 Å². The average molecular weight is 503 g/mol. The Morgan fingerprint density at radius 2 is 0.919 bits per heavy atom. The van der Waals surface area contributed by atoms with E-state index < -0.39 is 0 Å². The number of phenolic OH excluding ortho intramolecular Hbond substituents is 1. The first kappa shape index (κ1) is 25.0. The van der Waals surface area contributed by atoms with Crippen molar-refractivity contribution in [1.29, 1.82) is 0 Å². The van der Waals surface area contributed by atoms with Gasteiger partial charge in [-0.1, -0.05) is 68.4 Å². The summed E-state index contributed by atoms with van der Waals surface area (Å²) in [6.45, 7) is 23.3. The molecule has 7 rings (SSSR count). The van der Waals surface area contributed by atoms with E-state index in [0.29, 0.717) is 50.6 Å². The second kappa shape index (κ2) is 7.01. The summed E-state index contributed by atoms with van der Waals surface area (Å²) in [5.41, 5.74) is 6.90. The van der Waals surface area contributed by atoms with E-state index in [-0.39, 0.29) is 5.41 Å². The molecule has 0 aliphatic heterocycles. The molecule has 1 aromatic rings. The van der Waals surface area contributed by atoms with Crippen LogP contribution in [-0.4, -0.2) is 5.11 Å². The van der Waals surface area contributed by atoms with Crippen molar-refractivity contribution in [2.24, 2.45) is 50.2 Å². The van der Waals surface area contributed by atoms with Gasteiger partial charge in [0.1, 0.15) is 5.75 Å². The fourth-order valence-electron chi connectivity index (χ4n) is 12.7. The maximum absolute atomic E-state index is 11.9. The van der Waals surface area contributed by atoms with E-state index in [1.807, 2.05) is 0 Å². The van der Waals surface area contributed by atoms with Gasteiger partial charge in [-0.05, 0) is 143 Å². The molecule has 1 heteroatoms. The third kappa shape index (κ3) is 2.61. The molecular formula is C36H54O. The first-order chi connectivity index (χ1) is 17.1. The minimum atomic E-state index is 0.286. The second-order valence-corrected chi connectivity index (χ2v) is 17.5. The van der Waals surface area contributed by atoms with E-state index >= 15 is 0 Å². The maximum atomic E-state index is 11.9. The Balaban J connectivity index is 1.46. The summed E-state index contributed by atoms with van der Waals surface area (Å²) in [4.78, 5) is 0. The Labute approximate surface area is 227 Å². The summed E-state index contributed by atoms with van der Waals surface area (Å²) in [6, 6.07) is 4.59. The van der Waals surface area contributed by atoms with E-state index in [1.54, 1.807) is 11.1 Å². The minimum Gasteiger partial charge on any atom is -0.508 e. The first-order valence-electron chi connectivity index (χ1n) is 16.0. The van der Waals surface area contributed by atoms with Gasteiger partial charge in [0.2, 0.25) is 0 Å². The molecule has 9 atom stereocenters. The molecule has 204 valence electrons. The summed E-state index contributed by atoms with van der Waals surface area (Å²) >= 11 is 0. The number of phenols is 1. The van der Waals surface area contributed by atoms with Crippen LogP contribution in [0.1, 0.15) is 155 Å². The smallest absolute Gasteiger partial charge is 0.119 e. The maximum Gasteiger partial charge on any atom is 0.119 e. The standard InChI is InChI=1S/C36H54O/c1-31(2)21-12-15-34(31,7)25(18-21)24-10-11-28(37)30(27-20-23-14-17-36(27,9)33(23,5)6)29(24)26-19-22-13-16-35(26,8)32(22,3)4/h10-11,21-23,25-27,37H,12-20H2,1-9H3. The predicted octanol–water partition coefficient (Wildman–Crippen LogP) is 10.2. The van der Waals surface area contributed by atoms with E-state index in [1.165, 1.54) is 63.4 Å². The largest absolute Gasteiger partial charge is 0.508 e. The molecule has 1 nitrogen and oxygen atoms in total. The lowest BCUT2D eigenvalue weighted by atomic mass is 9.58. The summed E-state index contributed by atoms with van der Waals surface area (Å²) < 4.78 is 0. The summed E-state index contributed by atoms with van der Waals surface area (Å²) in [5.74, 6) is 4.83. The van der Waals surface area contributed by atoms with Crippen LogP contribution < -0.4 is 0 Å². The molecule has 6 bridgehead atoms. The Morgan fingerprint density at radius 1 is 0.541 bits per heavy atom. The monoisotopic (exact) mass is 502 g/mol. The van der Waals surface area contributed by atoms with Crippen LogP contribution in [0.5, 0.6) is 5.75 Å². The van der Waals surface area contributed by atoms with E-state index in [4.69, 9.17) is 0 Å². The lowest BCUT2D eigenvalue weighted by Gasteiger charge is -2.46. The number of rotatable bonds is 3. The van der Waals surface area contributed by atoms with Crippen molar-refractivity contribution in [3.8, 4) is 5.75 Å². The lowest BCUT2D eigenvalue weighted by molar-refractivity contribution is 0.121. The molecule has 1 N–H and O–H groups in total. The second-order valence-electron chi connectivity index (χ2n) is 17.5. The van der Waals surface area contributed by atoms with Gasteiger partial charge in [-0.15, -0.1) is 0 Å². The molecular weight excluding hydrogens is 448 g/mol. The lowest BCUT2D eigenvalue weighted by Crippen LogP contribution is -2.36. The van der Waals surface area contributed by atoms with Crippen molar-refractivity contribution >= 4 is 0 Å². The van der Waals surface area contributed by atoms with Gasteiger partial charge in [-0.3, -0.25) is 0 Å². The highest BCUT2D eigenvalue weighted by Crippen LogP contribution is 2.77. The molecule has 37 heavy (non-hydrogen) atoms. The quantitative estimate of drug-likeness (QED) is 0.436. The number of fused-ring (bicyclic) bond motifs is 6. The number of benzene rings is 1. The molecule has 6 aliphatic rings. The van der Waals surface area contributed by atoms with Gasteiger partial charge in [0.25, 0.3) is 0 Å². The van der Waals surface area contributed by atoms with Crippen LogP contribution in [0.4, 0.5) is 0 Å². The fourth-order valence-corrected chi connectivity index (χ4v) is 12.7. The van der Waals surface area contributed by atoms with Crippen molar-refractivity contribution in [3.05, 3.63) is 28.8 Å². The van der Waals surface area contributed by atoms with Crippen LogP contribution in [0, 0.1) is 50.2 Å². The van der Waals surface area contributed by atoms with Gasteiger partial charge < -0.3 is 5.11 Å². The highest BCUT2D eigenvalue weighted by molar-refractivity contribution is 5.54. The van der Waals surface area contributed by atoms with E-state index in [2.05, 4.69) is 74.4 Å². The molecule has 0 amide bonds. The zero-order valence-electron chi connectivity index (χ0n) is 25.4. The Kier molecular flexibility index (Phi) is 4.74. The topological polar surface area (TPSA) is 20.2 Å². The molecule has 6 fully saturated rings. The SMILES string of the molecule is CC1(C)C2CCC1(C)C(c1ccc(O)c(C3CC4CCC3(C)C4(C)C)c1C1CC3CCC1(C)C3(C)C)C2. The van der Waals surface area contributed by atoms with Crippen molar-refractivity contribution in [1.82, 2.24) is 0 Å². The number of hydrogen-bond acceptors (Lipinski definition) is 1. The molecule has 0 radical (unpaired) electrons. The molecule has 0 spiro atoms. The van der Waals surface area contributed by atoms with Crippen LogP contribution in [0.15, 0.2) is 12.1 Å². The molecule has 6 aliphatic carbocycles. The Morgan fingerprint density at radius 3 is 1.27 bits per heavy atom. The average Bonchev–Trinajstić information content (AvgIpc) is 3.47. The Bertz CT molecular complexity index is 1160. The van der Waals surface area contributed by atoms with Crippen LogP contribution in [0.25, 0.3) is 0 Å². The summed E-state index contributed by atoms with van der Waals surface area (Å²) in [7, 11) is 0.